The van der Waals surface area contributed by atoms with E-state index >= 15 is 0 Å². The van der Waals surface area contributed by atoms with Gasteiger partial charge in [0.1, 0.15) is 0 Å². The molecular weight excluding hydrogens is 456 g/mol. The Hall–Kier alpha value is -3.62. The summed E-state index contributed by atoms with van der Waals surface area (Å²) in [5, 5.41) is 8.50. The van der Waals surface area contributed by atoms with E-state index in [9.17, 15) is 14.4 Å². The van der Waals surface area contributed by atoms with E-state index in [-0.39, 0.29) is 23.9 Å². The van der Waals surface area contributed by atoms with Crippen LogP contribution in [-0.4, -0.2) is 57.7 Å². The van der Waals surface area contributed by atoms with Crippen LogP contribution >= 0.6 is 0 Å². The summed E-state index contributed by atoms with van der Waals surface area (Å²) in [5.41, 5.74) is 4.51. The van der Waals surface area contributed by atoms with E-state index in [1.54, 1.807) is 13.1 Å². The fourth-order valence-electron chi connectivity index (χ4n) is 5.59. The van der Waals surface area contributed by atoms with E-state index in [1.165, 1.54) is 12.8 Å². The lowest BCUT2D eigenvalue weighted by Gasteiger charge is -2.36. The van der Waals surface area contributed by atoms with Crippen molar-refractivity contribution < 1.29 is 9.59 Å². The van der Waals surface area contributed by atoms with E-state index in [0.29, 0.717) is 43.3 Å². The van der Waals surface area contributed by atoms with Crippen molar-refractivity contribution in [2.24, 2.45) is 0 Å². The second kappa shape index (κ2) is 9.79. The number of aryl methyl sites for hydroxylation is 2. The van der Waals surface area contributed by atoms with Crippen LogP contribution in [0.15, 0.2) is 29.2 Å². The number of anilines is 1. The first-order chi connectivity index (χ1) is 17.3. The first-order valence-electron chi connectivity index (χ1n) is 12.8. The Kier molecular flexibility index (Phi) is 6.55. The summed E-state index contributed by atoms with van der Waals surface area (Å²) in [6.07, 6.45) is 6.36. The standard InChI is InChI=1S/C27H34N6O3/c1-17-12-18(2)30-27(36)23(17)15-28-26(35)22-13-21(32-10-8-31(9-11-32)19(3)34)14-25-24(22)16-29-33(25)20-6-4-5-7-20/h12-14,16,20H,4-11,15H2,1-3H3,(H,28,35)(H,30,36). The largest absolute Gasteiger partial charge is 0.368 e. The first kappa shape index (κ1) is 24.1. The molecule has 0 spiro atoms. The predicted molar refractivity (Wildman–Crippen MR) is 139 cm³/mol. The highest BCUT2D eigenvalue weighted by atomic mass is 16.2. The Morgan fingerprint density at radius 2 is 1.81 bits per heavy atom. The number of hydrogen-bond acceptors (Lipinski definition) is 5. The lowest BCUT2D eigenvalue weighted by atomic mass is 10.1. The van der Waals surface area contributed by atoms with Gasteiger partial charge in [-0.15, -0.1) is 0 Å². The third-order valence-electron chi connectivity index (χ3n) is 7.63. The van der Waals surface area contributed by atoms with Crippen molar-refractivity contribution in [3.05, 3.63) is 57.1 Å². The SMILES string of the molecule is CC(=O)N1CCN(c2cc(C(=O)NCc3c(C)cc(C)[nH]c3=O)c3cnn(C4CCCC4)c3c2)CC1. The normalized spacial score (nSPS) is 16.6. The molecule has 3 aromatic rings. The maximum absolute atomic E-state index is 13.5. The topological polar surface area (TPSA) is 103 Å². The van der Waals surface area contributed by atoms with Crippen molar-refractivity contribution >= 4 is 28.4 Å². The van der Waals surface area contributed by atoms with Crippen LogP contribution in [0.1, 0.15) is 65.8 Å². The van der Waals surface area contributed by atoms with Gasteiger partial charge in [0.05, 0.1) is 23.3 Å². The van der Waals surface area contributed by atoms with E-state index in [0.717, 1.165) is 40.7 Å². The molecule has 0 bridgehead atoms. The van der Waals surface area contributed by atoms with E-state index in [4.69, 9.17) is 5.10 Å². The molecule has 1 aromatic carbocycles. The van der Waals surface area contributed by atoms with Gasteiger partial charge in [0.2, 0.25) is 5.91 Å². The van der Waals surface area contributed by atoms with Gasteiger partial charge in [0, 0.05) is 62.0 Å². The smallest absolute Gasteiger partial charge is 0.253 e. The summed E-state index contributed by atoms with van der Waals surface area (Å²) in [5.74, 6) is -0.138. The Morgan fingerprint density at radius 3 is 2.47 bits per heavy atom. The maximum atomic E-state index is 13.5. The minimum absolute atomic E-state index is 0.0888. The molecule has 3 heterocycles. The number of aromatic amines is 1. The minimum Gasteiger partial charge on any atom is -0.368 e. The van der Waals surface area contributed by atoms with Gasteiger partial charge in [-0.2, -0.15) is 5.10 Å². The van der Waals surface area contributed by atoms with Crippen LogP contribution < -0.4 is 15.8 Å². The number of rotatable bonds is 5. The number of H-pyrrole nitrogens is 1. The number of nitrogens with one attached hydrogen (secondary N) is 2. The van der Waals surface area contributed by atoms with Gasteiger partial charge in [0.15, 0.2) is 0 Å². The molecule has 2 aliphatic rings. The van der Waals surface area contributed by atoms with Crippen molar-refractivity contribution in [1.82, 2.24) is 25.0 Å². The summed E-state index contributed by atoms with van der Waals surface area (Å²) < 4.78 is 2.09. The van der Waals surface area contributed by atoms with Gasteiger partial charge in [-0.3, -0.25) is 19.1 Å². The van der Waals surface area contributed by atoms with Crippen LogP contribution in [0.25, 0.3) is 10.9 Å². The van der Waals surface area contributed by atoms with Gasteiger partial charge in [-0.1, -0.05) is 12.8 Å². The number of nitrogens with zero attached hydrogens (tertiary/aromatic N) is 4. The Balaban J connectivity index is 1.48. The third-order valence-corrected chi connectivity index (χ3v) is 7.63. The predicted octanol–water partition coefficient (Wildman–Crippen LogP) is 3.06. The second-order valence-corrected chi connectivity index (χ2v) is 10.1. The zero-order chi connectivity index (χ0) is 25.4. The highest BCUT2D eigenvalue weighted by molar-refractivity contribution is 6.07. The number of carbonyl (C=O) groups is 2. The molecule has 2 N–H and O–H groups in total. The molecule has 1 saturated heterocycles. The Morgan fingerprint density at radius 1 is 1.08 bits per heavy atom. The average Bonchev–Trinajstić information content (AvgIpc) is 3.52. The molecule has 0 unspecified atom stereocenters. The van der Waals surface area contributed by atoms with Crippen LogP contribution in [0.2, 0.25) is 0 Å². The maximum Gasteiger partial charge on any atom is 0.253 e. The molecule has 5 rings (SSSR count). The summed E-state index contributed by atoms with van der Waals surface area (Å²) in [6, 6.07) is 6.31. The minimum atomic E-state index is -0.227. The number of piperazine rings is 1. The van der Waals surface area contributed by atoms with Gasteiger partial charge < -0.3 is 20.1 Å². The monoisotopic (exact) mass is 490 g/mol. The van der Waals surface area contributed by atoms with Crippen molar-refractivity contribution in [3.8, 4) is 0 Å². The third kappa shape index (κ3) is 4.62. The summed E-state index contributed by atoms with van der Waals surface area (Å²) in [7, 11) is 0. The number of benzene rings is 1. The molecule has 1 saturated carbocycles. The number of aromatic nitrogens is 3. The van der Waals surface area contributed by atoms with E-state index in [2.05, 4.69) is 25.9 Å². The Labute approximate surface area is 210 Å². The van der Waals surface area contributed by atoms with Crippen molar-refractivity contribution in [3.63, 3.8) is 0 Å². The zero-order valence-corrected chi connectivity index (χ0v) is 21.3. The summed E-state index contributed by atoms with van der Waals surface area (Å²) >= 11 is 0. The van der Waals surface area contributed by atoms with Crippen molar-refractivity contribution in [2.45, 2.75) is 59.0 Å². The molecule has 1 aliphatic heterocycles. The lowest BCUT2D eigenvalue weighted by molar-refractivity contribution is -0.129. The number of carbonyl (C=O) groups excluding carboxylic acids is 2. The molecule has 1 aliphatic carbocycles. The molecule has 2 amide bonds. The highest BCUT2D eigenvalue weighted by Crippen LogP contribution is 2.34. The zero-order valence-electron chi connectivity index (χ0n) is 21.3. The van der Waals surface area contributed by atoms with Crippen molar-refractivity contribution in [1.29, 1.82) is 0 Å². The van der Waals surface area contributed by atoms with E-state index in [1.807, 2.05) is 30.9 Å². The molecule has 9 heteroatoms. The van der Waals surface area contributed by atoms with Gasteiger partial charge in [-0.05, 0) is 50.5 Å². The van der Waals surface area contributed by atoms with Gasteiger partial charge >= 0.3 is 0 Å². The van der Waals surface area contributed by atoms with Gasteiger partial charge in [-0.25, -0.2) is 0 Å². The Bertz CT molecular complexity index is 1360. The second-order valence-electron chi connectivity index (χ2n) is 10.1. The van der Waals surface area contributed by atoms with Gasteiger partial charge in [0.25, 0.3) is 11.5 Å². The van der Waals surface area contributed by atoms with E-state index < -0.39 is 0 Å². The fraction of sp³-hybridized carbons (Fsp3) is 0.481. The summed E-state index contributed by atoms with van der Waals surface area (Å²) in [6.45, 7) is 8.22. The highest BCUT2D eigenvalue weighted by Gasteiger charge is 2.25. The number of hydrogen-bond donors (Lipinski definition) is 2. The lowest BCUT2D eigenvalue weighted by Crippen LogP contribution is -2.48. The number of fused-ring (bicyclic) bond motifs is 1. The van der Waals surface area contributed by atoms with Crippen LogP contribution in [0.3, 0.4) is 0 Å². The quantitative estimate of drug-likeness (QED) is 0.572. The van der Waals surface area contributed by atoms with Crippen LogP contribution in [0.4, 0.5) is 5.69 Å². The summed E-state index contributed by atoms with van der Waals surface area (Å²) in [4.78, 5) is 44.6. The fourth-order valence-corrected chi connectivity index (χ4v) is 5.59. The average molecular weight is 491 g/mol. The van der Waals surface area contributed by atoms with Crippen LogP contribution in [0.5, 0.6) is 0 Å². The number of amides is 2. The molecular formula is C27H34N6O3. The van der Waals surface area contributed by atoms with Crippen LogP contribution in [0, 0.1) is 13.8 Å². The van der Waals surface area contributed by atoms with Crippen LogP contribution in [-0.2, 0) is 11.3 Å². The molecule has 2 fully saturated rings. The molecule has 2 aromatic heterocycles. The number of pyridine rings is 1. The molecule has 190 valence electrons. The molecule has 36 heavy (non-hydrogen) atoms. The molecule has 0 radical (unpaired) electrons. The van der Waals surface area contributed by atoms with Crippen molar-refractivity contribution in [2.75, 3.05) is 31.1 Å². The first-order valence-corrected chi connectivity index (χ1v) is 12.8. The molecule has 0 atom stereocenters. The molecule has 9 nitrogen and oxygen atoms in total.